The summed E-state index contributed by atoms with van der Waals surface area (Å²) in [7, 11) is 0. The standard InChI is InChI=1S/C11H19NO2/c1-7(8-2-3-8)11(14)12-6-10(13)9-4-5-9/h7-10,13H,2-6H2,1H3,(H,12,14). The van der Waals surface area contributed by atoms with E-state index in [0.29, 0.717) is 18.4 Å². The summed E-state index contributed by atoms with van der Waals surface area (Å²) in [6, 6.07) is 0. The molecule has 80 valence electrons. The van der Waals surface area contributed by atoms with E-state index in [1.165, 1.54) is 12.8 Å². The zero-order chi connectivity index (χ0) is 10.1. The summed E-state index contributed by atoms with van der Waals surface area (Å²) in [4.78, 5) is 11.5. The Balaban J connectivity index is 1.65. The lowest BCUT2D eigenvalue weighted by atomic mass is 10.1. The highest BCUT2D eigenvalue weighted by Gasteiger charge is 2.34. The van der Waals surface area contributed by atoms with Crippen LogP contribution in [0.15, 0.2) is 0 Å². The predicted molar refractivity (Wildman–Crippen MR) is 53.6 cm³/mol. The maximum absolute atomic E-state index is 11.5. The van der Waals surface area contributed by atoms with Gasteiger partial charge >= 0.3 is 0 Å². The second kappa shape index (κ2) is 3.89. The monoisotopic (exact) mass is 197 g/mol. The lowest BCUT2D eigenvalue weighted by Crippen LogP contribution is -2.36. The predicted octanol–water partition coefficient (Wildman–Crippen LogP) is 0.920. The van der Waals surface area contributed by atoms with Gasteiger partial charge in [0, 0.05) is 12.5 Å². The third-order valence-corrected chi connectivity index (χ3v) is 3.39. The molecule has 0 radical (unpaired) electrons. The topological polar surface area (TPSA) is 49.3 Å². The molecule has 1 amide bonds. The quantitative estimate of drug-likeness (QED) is 0.688. The van der Waals surface area contributed by atoms with Crippen LogP contribution in [-0.4, -0.2) is 23.7 Å². The van der Waals surface area contributed by atoms with Crippen molar-refractivity contribution in [3.63, 3.8) is 0 Å². The van der Waals surface area contributed by atoms with Crippen molar-refractivity contribution in [1.29, 1.82) is 0 Å². The van der Waals surface area contributed by atoms with Crippen LogP contribution >= 0.6 is 0 Å². The van der Waals surface area contributed by atoms with Crippen LogP contribution in [0.25, 0.3) is 0 Å². The van der Waals surface area contributed by atoms with Gasteiger partial charge in [0.25, 0.3) is 0 Å². The minimum absolute atomic E-state index is 0.118. The molecule has 2 rings (SSSR count). The molecule has 2 atom stereocenters. The number of hydrogen-bond acceptors (Lipinski definition) is 2. The first-order valence-corrected chi connectivity index (χ1v) is 5.64. The van der Waals surface area contributed by atoms with E-state index in [2.05, 4.69) is 5.32 Å². The molecule has 2 aliphatic carbocycles. The lowest BCUT2D eigenvalue weighted by molar-refractivity contribution is -0.125. The van der Waals surface area contributed by atoms with Crippen LogP contribution in [-0.2, 0) is 4.79 Å². The van der Waals surface area contributed by atoms with E-state index in [9.17, 15) is 9.90 Å². The van der Waals surface area contributed by atoms with Crippen molar-refractivity contribution in [1.82, 2.24) is 5.32 Å². The number of carbonyl (C=O) groups is 1. The summed E-state index contributed by atoms with van der Waals surface area (Å²) < 4.78 is 0. The van der Waals surface area contributed by atoms with Gasteiger partial charge in [0.05, 0.1) is 6.10 Å². The van der Waals surface area contributed by atoms with Gasteiger partial charge in [-0.05, 0) is 37.5 Å². The Hall–Kier alpha value is -0.570. The summed E-state index contributed by atoms with van der Waals surface area (Å²) in [6.45, 7) is 2.43. The Morgan fingerprint density at radius 3 is 2.43 bits per heavy atom. The summed E-state index contributed by atoms with van der Waals surface area (Å²) >= 11 is 0. The van der Waals surface area contributed by atoms with Crippen LogP contribution < -0.4 is 5.32 Å². The molecule has 0 spiro atoms. The normalized spacial score (nSPS) is 25.6. The van der Waals surface area contributed by atoms with E-state index < -0.39 is 0 Å². The van der Waals surface area contributed by atoms with Crippen molar-refractivity contribution in [2.75, 3.05) is 6.54 Å². The molecule has 0 aromatic heterocycles. The van der Waals surface area contributed by atoms with Crippen LogP contribution in [0, 0.1) is 17.8 Å². The van der Waals surface area contributed by atoms with E-state index >= 15 is 0 Å². The van der Waals surface area contributed by atoms with Crippen LogP contribution in [0.5, 0.6) is 0 Å². The van der Waals surface area contributed by atoms with Gasteiger partial charge in [-0.15, -0.1) is 0 Å². The van der Waals surface area contributed by atoms with Gasteiger partial charge in [-0.1, -0.05) is 6.92 Å². The van der Waals surface area contributed by atoms with Gasteiger partial charge in [-0.2, -0.15) is 0 Å². The maximum Gasteiger partial charge on any atom is 0.223 e. The molecule has 3 nitrogen and oxygen atoms in total. The molecule has 2 fully saturated rings. The SMILES string of the molecule is CC(C(=O)NCC(O)C1CC1)C1CC1. The minimum atomic E-state index is -0.314. The van der Waals surface area contributed by atoms with Crippen LogP contribution in [0.2, 0.25) is 0 Å². The Morgan fingerprint density at radius 1 is 1.36 bits per heavy atom. The zero-order valence-electron chi connectivity index (χ0n) is 8.70. The Kier molecular flexibility index (Phi) is 2.77. The molecule has 2 aliphatic rings. The molecule has 14 heavy (non-hydrogen) atoms. The van der Waals surface area contributed by atoms with Crippen molar-refractivity contribution in [2.24, 2.45) is 17.8 Å². The summed E-state index contributed by atoms with van der Waals surface area (Å²) in [5, 5.41) is 12.4. The number of aliphatic hydroxyl groups is 1. The number of aliphatic hydroxyl groups excluding tert-OH is 1. The maximum atomic E-state index is 11.5. The molecule has 2 N–H and O–H groups in total. The fraction of sp³-hybridized carbons (Fsp3) is 0.909. The molecular formula is C11H19NO2. The smallest absolute Gasteiger partial charge is 0.223 e. The molecule has 2 unspecified atom stereocenters. The number of carbonyl (C=O) groups excluding carboxylic acids is 1. The van der Waals surface area contributed by atoms with Gasteiger partial charge in [-0.3, -0.25) is 4.79 Å². The molecule has 0 heterocycles. The van der Waals surface area contributed by atoms with Crippen molar-refractivity contribution in [3.05, 3.63) is 0 Å². The van der Waals surface area contributed by atoms with Crippen molar-refractivity contribution in [3.8, 4) is 0 Å². The first-order chi connectivity index (χ1) is 6.68. The number of rotatable bonds is 5. The Bertz CT molecular complexity index is 221. The lowest BCUT2D eigenvalue weighted by Gasteiger charge is -2.14. The third kappa shape index (κ3) is 2.47. The molecule has 2 saturated carbocycles. The fourth-order valence-electron chi connectivity index (χ4n) is 1.82. The van der Waals surface area contributed by atoms with Gasteiger partial charge in [0.2, 0.25) is 5.91 Å². The number of nitrogens with one attached hydrogen (secondary N) is 1. The van der Waals surface area contributed by atoms with E-state index in [0.717, 1.165) is 12.8 Å². The van der Waals surface area contributed by atoms with E-state index in [4.69, 9.17) is 0 Å². The molecule has 0 saturated heterocycles. The van der Waals surface area contributed by atoms with Crippen molar-refractivity contribution >= 4 is 5.91 Å². The van der Waals surface area contributed by atoms with Gasteiger partial charge in [0.15, 0.2) is 0 Å². The van der Waals surface area contributed by atoms with Gasteiger partial charge in [0.1, 0.15) is 0 Å². The van der Waals surface area contributed by atoms with Gasteiger partial charge < -0.3 is 10.4 Å². The molecule has 0 bridgehead atoms. The Labute approximate surface area is 84.9 Å². The molecule has 0 aromatic carbocycles. The Morgan fingerprint density at radius 2 is 1.93 bits per heavy atom. The van der Waals surface area contributed by atoms with Crippen molar-refractivity contribution in [2.45, 2.75) is 38.7 Å². The van der Waals surface area contributed by atoms with E-state index in [-0.39, 0.29) is 17.9 Å². The summed E-state index contributed by atoms with van der Waals surface area (Å²) in [5.74, 6) is 1.31. The first-order valence-electron chi connectivity index (χ1n) is 5.64. The average Bonchev–Trinajstić information content (AvgIpc) is 3.05. The van der Waals surface area contributed by atoms with E-state index in [1.807, 2.05) is 6.92 Å². The first kappa shape index (κ1) is 9.97. The molecular weight excluding hydrogens is 178 g/mol. The zero-order valence-corrected chi connectivity index (χ0v) is 8.70. The summed E-state index contributed by atoms with van der Waals surface area (Å²) in [6.07, 6.45) is 4.31. The highest BCUT2D eigenvalue weighted by Crippen LogP contribution is 2.36. The second-order valence-electron chi connectivity index (χ2n) is 4.78. The largest absolute Gasteiger partial charge is 0.391 e. The van der Waals surface area contributed by atoms with Crippen LogP contribution in [0.3, 0.4) is 0 Å². The van der Waals surface area contributed by atoms with Gasteiger partial charge in [-0.25, -0.2) is 0 Å². The molecule has 0 aromatic rings. The van der Waals surface area contributed by atoms with Crippen LogP contribution in [0.1, 0.15) is 32.6 Å². The highest BCUT2D eigenvalue weighted by molar-refractivity contribution is 5.78. The third-order valence-electron chi connectivity index (χ3n) is 3.39. The average molecular weight is 197 g/mol. The minimum Gasteiger partial charge on any atom is -0.391 e. The number of hydrogen-bond donors (Lipinski definition) is 2. The van der Waals surface area contributed by atoms with Crippen LogP contribution in [0.4, 0.5) is 0 Å². The summed E-state index contributed by atoms with van der Waals surface area (Å²) in [5.41, 5.74) is 0. The molecule has 3 heteroatoms. The second-order valence-corrected chi connectivity index (χ2v) is 4.78. The molecule has 0 aliphatic heterocycles. The number of amides is 1. The van der Waals surface area contributed by atoms with Crippen molar-refractivity contribution < 1.29 is 9.90 Å². The fourth-order valence-corrected chi connectivity index (χ4v) is 1.82. The highest BCUT2D eigenvalue weighted by atomic mass is 16.3. The van der Waals surface area contributed by atoms with E-state index in [1.54, 1.807) is 0 Å².